The van der Waals surface area contributed by atoms with Crippen molar-refractivity contribution in [2.75, 3.05) is 25.6 Å². The van der Waals surface area contributed by atoms with Crippen molar-refractivity contribution in [2.45, 2.75) is 0 Å². The van der Waals surface area contributed by atoms with Crippen molar-refractivity contribution in [3.63, 3.8) is 0 Å². The lowest BCUT2D eigenvalue weighted by Gasteiger charge is -2.13. The Bertz CT molecular complexity index is 1270. The number of halogens is 2. The van der Waals surface area contributed by atoms with Gasteiger partial charge in [-0.05, 0) is 54.2 Å². The molecule has 1 aliphatic rings. The van der Waals surface area contributed by atoms with Crippen molar-refractivity contribution in [3.8, 4) is 5.75 Å². The average molecular weight is 584 g/mol. The van der Waals surface area contributed by atoms with E-state index in [1.165, 1.54) is 37.5 Å². The van der Waals surface area contributed by atoms with Crippen LogP contribution < -0.4 is 10.1 Å². The normalized spacial score (nSPS) is 14.3. The molecule has 0 aliphatic carbocycles. The number of esters is 1. The third kappa shape index (κ3) is 6.62. The number of methoxy groups -OCH3 is 1. The van der Waals surface area contributed by atoms with Crippen LogP contribution >= 0.6 is 39.3 Å². The Balaban J connectivity index is 1.75. The van der Waals surface area contributed by atoms with Gasteiger partial charge in [-0.2, -0.15) is 0 Å². The second-order valence-electron chi connectivity index (χ2n) is 6.87. The number of carbonyl (C=O) groups is 5. The Morgan fingerprint density at radius 2 is 1.94 bits per heavy atom. The molecule has 0 aromatic heterocycles. The molecule has 2 aromatic rings. The SMILES string of the molecule is COC(=O)c1cc(NC(=O)CN2C(=O)S/C(=C/c3cc(Br)ccc3OCC(=O)O)C2=O)ccc1Cl. The Hall–Kier alpha value is -3.35. The van der Waals surface area contributed by atoms with Crippen LogP contribution in [0.5, 0.6) is 5.75 Å². The summed E-state index contributed by atoms with van der Waals surface area (Å²) in [5, 5.41) is 10.8. The first-order chi connectivity index (χ1) is 16.6. The molecule has 0 radical (unpaired) electrons. The summed E-state index contributed by atoms with van der Waals surface area (Å²) in [4.78, 5) is 61.1. The van der Waals surface area contributed by atoms with Gasteiger partial charge in [0.2, 0.25) is 5.91 Å². The fourth-order valence-electron chi connectivity index (χ4n) is 2.89. The molecule has 35 heavy (non-hydrogen) atoms. The molecule has 1 saturated heterocycles. The van der Waals surface area contributed by atoms with E-state index in [-0.39, 0.29) is 26.9 Å². The van der Waals surface area contributed by atoms with Crippen LogP contribution in [-0.2, 0) is 19.1 Å². The van der Waals surface area contributed by atoms with Crippen molar-refractivity contribution in [2.24, 2.45) is 0 Å². The van der Waals surface area contributed by atoms with E-state index in [0.29, 0.717) is 21.8 Å². The summed E-state index contributed by atoms with van der Waals surface area (Å²) in [7, 11) is 1.19. The van der Waals surface area contributed by atoms with Gasteiger partial charge in [-0.1, -0.05) is 27.5 Å². The Kier molecular flexibility index (Phi) is 8.54. The third-order valence-corrected chi connectivity index (χ3v) is 6.17. The largest absolute Gasteiger partial charge is 0.481 e. The second-order valence-corrected chi connectivity index (χ2v) is 9.18. The summed E-state index contributed by atoms with van der Waals surface area (Å²) in [6, 6.07) is 8.90. The maximum Gasteiger partial charge on any atom is 0.341 e. The topological polar surface area (TPSA) is 139 Å². The van der Waals surface area contributed by atoms with E-state index in [9.17, 15) is 24.0 Å². The van der Waals surface area contributed by atoms with E-state index < -0.39 is 42.1 Å². The van der Waals surface area contributed by atoms with Crippen molar-refractivity contribution < 1.29 is 38.6 Å². The quantitative estimate of drug-likeness (QED) is 0.348. The van der Waals surface area contributed by atoms with E-state index in [1.54, 1.807) is 12.1 Å². The molecule has 1 fully saturated rings. The number of carboxylic acid groups (broad SMARTS) is 1. The minimum atomic E-state index is -1.18. The highest BCUT2D eigenvalue weighted by Gasteiger charge is 2.36. The number of carboxylic acids is 1. The molecule has 0 bridgehead atoms. The number of hydrogen-bond donors (Lipinski definition) is 2. The van der Waals surface area contributed by atoms with Gasteiger partial charge >= 0.3 is 11.9 Å². The third-order valence-electron chi connectivity index (χ3n) is 4.44. The van der Waals surface area contributed by atoms with Gasteiger partial charge in [0.05, 0.1) is 22.6 Å². The van der Waals surface area contributed by atoms with E-state index in [1.807, 2.05) is 0 Å². The predicted molar refractivity (Wildman–Crippen MR) is 131 cm³/mol. The maximum atomic E-state index is 12.8. The maximum absolute atomic E-state index is 12.8. The molecule has 0 saturated carbocycles. The van der Waals surface area contributed by atoms with Crippen LogP contribution in [0.25, 0.3) is 6.08 Å². The minimum absolute atomic E-state index is 0.0283. The van der Waals surface area contributed by atoms with Gasteiger partial charge in [0.1, 0.15) is 12.3 Å². The molecule has 2 N–H and O–H groups in total. The molecule has 2 aromatic carbocycles. The number of thioether (sulfide) groups is 1. The minimum Gasteiger partial charge on any atom is -0.481 e. The van der Waals surface area contributed by atoms with E-state index in [2.05, 4.69) is 26.0 Å². The highest BCUT2D eigenvalue weighted by molar-refractivity contribution is 9.10. The van der Waals surface area contributed by atoms with Crippen molar-refractivity contribution >= 4 is 80.0 Å². The zero-order valence-corrected chi connectivity index (χ0v) is 21.0. The number of nitrogens with zero attached hydrogens (tertiary/aromatic N) is 1. The Morgan fingerprint density at radius 3 is 2.63 bits per heavy atom. The zero-order chi connectivity index (χ0) is 25.7. The molecule has 3 amide bonds. The van der Waals surface area contributed by atoms with Gasteiger partial charge in [-0.3, -0.25) is 19.3 Å². The lowest BCUT2D eigenvalue weighted by molar-refractivity contribution is -0.139. The number of amides is 3. The smallest absolute Gasteiger partial charge is 0.341 e. The molecule has 0 atom stereocenters. The fraction of sp³-hybridized carbons (Fsp3) is 0.136. The van der Waals surface area contributed by atoms with Gasteiger partial charge in [-0.25, -0.2) is 9.59 Å². The summed E-state index contributed by atoms with van der Waals surface area (Å²) in [6.45, 7) is -1.16. The summed E-state index contributed by atoms with van der Waals surface area (Å²) in [5.41, 5.74) is 0.625. The molecule has 1 aliphatic heterocycles. The van der Waals surface area contributed by atoms with Crippen LogP contribution in [0.4, 0.5) is 10.5 Å². The first-order valence-corrected chi connectivity index (χ1v) is 11.6. The lowest BCUT2D eigenvalue weighted by atomic mass is 10.2. The number of ether oxygens (including phenoxy) is 2. The number of rotatable bonds is 8. The highest BCUT2D eigenvalue weighted by atomic mass is 79.9. The molecular formula is C22H16BrClN2O8S. The Labute approximate surface area is 216 Å². The molecule has 3 rings (SSSR count). The van der Waals surface area contributed by atoms with Gasteiger partial charge < -0.3 is 19.9 Å². The zero-order valence-electron chi connectivity index (χ0n) is 17.9. The van der Waals surface area contributed by atoms with Crippen molar-refractivity contribution in [1.29, 1.82) is 0 Å². The number of anilines is 1. The second kappa shape index (κ2) is 11.4. The number of imide groups is 1. The summed E-state index contributed by atoms with van der Waals surface area (Å²) in [6.07, 6.45) is 1.38. The van der Waals surface area contributed by atoms with Gasteiger partial charge in [0.25, 0.3) is 11.1 Å². The Morgan fingerprint density at radius 1 is 1.20 bits per heavy atom. The highest BCUT2D eigenvalue weighted by Crippen LogP contribution is 2.35. The number of nitrogens with one attached hydrogen (secondary N) is 1. The number of benzene rings is 2. The standard InChI is InChI=1S/C22H16BrClN2O8S/c1-33-21(31)14-8-13(3-4-15(14)24)25-18(27)9-26-20(30)17(35-22(26)32)7-11-6-12(23)2-5-16(11)34-10-19(28)29/h2-8H,9-10H2,1H3,(H,25,27)(H,28,29)/b17-7+. The van der Waals surface area contributed by atoms with Crippen LogP contribution in [0.1, 0.15) is 15.9 Å². The van der Waals surface area contributed by atoms with Crippen molar-refractivity contribution in [3.05, 3.63) is 61.9 Å². The van der Waals surface area contributed by atoms with Crippen LogP contribution in [0.15, 0.2) is 45.8 Å². The monoisotopic (exact) mass is 582 g/mol. The summed E-state index contributed by atoms with van der Waals surface area (Å²) < 4.78 is 10.5. The molecule has 10 nitrogen and oxygen atoms in total. The first kappa shape index (κ1) is 26.3. The van der Waals surface area contributed by atoms with E-state index >= 15 is 0 Å². The summed E-state index contributed by atoms with van der Waals surface area (Å²) >= 11 is 9.88. The van der Waals surface area contributed by atoms with E-state index in [0.717, 1.165) is 4.90 Å². The van der Waals surface area contributed by atoms with Gasteiger partial charge in [0.15, 0.2) is 6.61 Å². The molecule has 1 heterocycles. The number of aliphatic carboxylic acids is 1. The number of hydrogen-bond acceptors (Lipinski definition) is 8. The van der Waals surface area contributed by atoms with Crippen LogP contribution in [0.2, 0.25) is 5.02 Å². The lowest BCUT2D eigenvalue weighted by Crippen LogP contribution is -2.36. The van der Waals surface area contributed by atoms with Crippen molar-refractivity contribution in [1.82, 2.24) is 4.90 Å². The van der Waals surface area contributed by atoms with Crippen LogP contribution in [0.3, 0.4) is 0 Å². The molecule has 0 unspecified atom stereocenters. The average Bonchev–Trinajstić information content (AvgIpc) is 3.06. The first-order valence-electron chi connectivity index (χ1n) is 9.66. The summed E-state index contributed by atoms with van der Waals surface area (Å²) in [5.74, 6) is -3.05. The fourth-order valence-corrected chi connectivity index (χ4v) is 4.30. The van der Waals surface area contributed by atoms with Crippen LogP contribution in [0, 0.1) is 0 Å². The van der Waals surface area contributed by atoms with Gasteiger partial charge in [0, 0.05) is 15.7 Å². The number of carbonyl (C=O) groups excluding carboxylic acids is 4. The molecule has 0 spiro atoms. The van der Waals surface area contributed by atoms with Crippen LogP contribution in [-0.4, -0.2) is 59.3 Å². The molecular weight excluding hydrogens is 568 g/mol. The predicted octanol–water partition coefficient (Wildman–Crippen LogP) is 4.03. The van der Waals surface area contributed by atoms with Gasteiger partial charge in [-0.15, -0.1) is 0 Å². The molecule has 182 valence electrons. The van der Waals surface area contributed by atoms with E-state index in [4.69, 9.17) is 21.4 Å². The molecule has 13 heteroatoms.